The molecule has 0 saturated carbocycles. The Bertz CT molecular complexity index is 129. The maximum absolute atomic E-state index is 5.13. The second-order valence-corrected chi connectivity index (χ2v) is 4.47. The molecule has 0 aromatic rings. The van der Waals surface area contributed by atoms with Gasteiger partial charge >= 0.3 is 0 Å². The first kappa shape index (κ1) is 14.9. The lowest BCUT2D eigenvalue weighted by Crippen LogP contribution is -2.27. The molecule has 0 bridgehead atoms. The first-order chi connectivity index (χ1) is 7.20. The number of ether oxygens (including phenoxy) is 2. The Kier molecular flexibility index (Phi) is 10.3. The normalized spacial score (nSPS) is 13.4. The summed E-state index contributed by atoms with van der Waals surface area (Å²) in [5.74, 6) is 1.48. The number of hydrogen-bond donors (Lipinski definition) is 1. The van der Waals surface area contributed by atoms with E-state index in [1.165, 1.54) is 6.42 Å². The van der Waals surface area contributed by atoms with Crippen LogP contribution < -0.4 is 5.32 Å². The van der Waals surface area contributed by atoms with Gasteiger partial charge in [-0.2, -0.15) is 0 Å². The molecular formula is C12H27NO2. The Morgan fingerprint density at radius 2 is 1.73 bits per heavy atom. The van der Waals surface area contributed by atoms with Crippen molar-refractivity contribution in [2.75, 3.05) is 40.5 Å². The van der Waals surface area contributed by atoms with E-state index in [0.29, 0.717) is 0 Å². The molecule has 1 N–H and O–H groups in total. The summed E-state index contributed by atoms with van der Waals surface area (Å²) in [4.78, 5) is 0. The fraction of sp³-hybridized carbons (Fsp3) is 1.00. The van der Waals surface area contributed by atoms with E-state index in [1.54, 1.807) is 14.2 Å². The van der Waals surface area contributed by atoms with E-state index in [9.17, 15) is 0 Å². The minimum absolute atomic E-state index is 0.724. The van der Waals surface area contributed by atoms with Crippen molar-refractivity contribution in [3.8, 4) is 0 Å². The van der Waals surface area contributed by atoms with Gasteiger partial charge in [-0.05, 0) is 31.2 Å². The maximum Gasteiger partial charge on any atom is 0.0587 e. The van der Waals surface area contributed by atoms with Gasteiger partial charge in [0.2, 0.25) is 0 Å². The lowest BCUT2D eigenvalue weighted by atomic mass is 9.94. The van der Waals surface area contributed by atoms with E-state index in [2.05, 4.69) is 19.2 Å². The third-order valence-electron chi connectivity index (χ3n) is 2.45. The highest BCUT2D eigenvalue weighted by Crippen LogP contribution is 2.14. The number of methoxy groups -OCH3 is 2. The Labute approximate surface area is 94.5 Å². The highest BCUT2D eigenvalue weighted by Gasteiger charge is 2.10. The van der Waals surface area contributed by atoms with Gasteiger partial charge < -0.3 is 14.8 Å². The lowest BCUT2D eigenvalue weighted by molar-refractivity contribution is 0.166. The first-order valence-corrected chi connectivity index (χ1v) is 5.89. The predicted octanol–water partition coefficient (Wildman–Crippen LogP) is 1.92. The van der Waals surface area contributed by atoms with Gasteiger partial charge in [0.1, 0.15) is 0 Å². The minimum atomic E-state index is 0.724. The molecule has 15 heavy (non-hydrogen) atoms. The van der Waals surface area contributed by atoms with Gasteiger partial charge in [0.25, 0.3) is 0 Å². The van der Waals surface area contributed by atoms with E-state index in [1.807, 2.05) is 0 Å². The van der Waals surface area contributed by atoms with Gasteiger partial charge in [-0.3, -0.25) is 0 Å². The monoisotopic (exact) mass is 217 g/mol. The van der Waals surface area contributed by atoms with E-state index < -0.39 is 0 Å². The number of rotatable bonds is 10. The van der Waals surface area contributed by atoms with Crippen LogP contribution in [0.4, 0.5) is 0 Å². The molecule has 92 valence electrons. The smallest absolute Gasteiger partial charge is 0.0587 e. The molecule has 0 heterocycles. The number of nitrogens with one attached hydrogen (secondary N) is 1. The molecule has 0 aromatic heterocycles. The largest absolute Gasteiger partial charge is 0.385 e. The Hall–Kier alpha value is -0.120. The van der Waals surface area contributed by atoms with Gasteiger partial charge in [-0.25, -0.2) is 0 Å². The maximum atomic E-state index is 5.13. The molecule has 0 aromatic carbocycles. The molecule has 1 unspecified atom stereocenters. The standard InChI is InChI=1S/C12H27NO2/c1-11(2)9-12(5-7-14-3)10-13-6-8-15-4/h11-13H,5-10H2,1-4H3. The summed E-state index contributed by atoms with van der Waals surface area (Å²) in [5, 5.41) is 3.42. The van der Waals surface area contributed by atoms with Gasteiger partial charge in [0.15, 0.2) is 0 Å². The van der Waals surface area contributed by atoms with Gasteiger partial charge in [-0.15, -0.1) is 0 Å². The Morgan fingerprint density at radius 1 is 1.07 bits per heavy atom. The highest BCUT2D eigenvalue weighted by molar-refractivity contribution is 4.64. The Morgan fingerprint density at radius 3 is 2.27 bits per heavy atom. The van der Waals surface area contributed by atoms with Crippen molar-refractivity contribution in [2.24, 2.45) is 11.8 Å². The summed E-state index contributed by atoms with van der Waals surface area (Å²) in [7, 11) is 3.50. The molecule has 0 aliphatic heterocycles. The van der Waals surface area contributed by atoms with Crippen LogP contribution in [-0.4, -0.2) is 40.5 Å². The molecular weight excluding hydrogens is 190 g/mol. The van der Waals surface area contributed by atoms with Crippen molar-refractivity contribution in [3.05, 3.63) is 0 Å². The summed E-state index contributed by atoms with van der Waals surface area (Å²) < 4.78 is 10.1. The van der Waals surface area contributed by atoms with Crippen LogP contribution in [-0.2, 0) is 9.47 Å². The van der Waals surface area contributed by atoms with Crippen LogP contribution in [0.3, 0.4) is 0 Å². The molecule has 1 atom stereocenters. The molecule has 0 saturated heterocycles. The fourth-order valence-corrected chi connectivity index (χ4v) is 1.73. The van der Waals surface area contributed by atoms with Crippen molar-refractivity contribution in [2.45, 2.75) is 26.7 Å². The molecule has 3 nitrogen and oxygen atoms in total. The van der Waals surface area contributed by atoms with Crippen LogP contribution in [0.15, 0.2) is 0 Å². The molecule has 0 spiro atoms. The van der Waals surface area contributed by atoms with E-state index in [4.69, 9.17) is 9.47 Å². The predicted molar refractivity (Wildman–Crippen MR) is 64.2 cm³/mol. The van der Waals surface area contributed by atoms with Crippen LogP contribution in [0, 0.1) is 11.8 Å². The third-order valence-corrected chi connectivity index (χ3v) is 2.45. The van der Waals surface area contributed by atoms with E-state index in [-0.39, 0.29) is 0 Å². The number of hydrogen-bond acceptors (Lipinski definition) is 3. The van der Waals surface area contributed by atoms with Crippen LogP contribution >= 0.6 is 0 Å². The molecule has 0 fully saturated rings. The molecule has 0 amide bonds. The average molecular weight is 217 g/mol. The molecule has 0 aliphatic rings. The van der Waals surface area contributed by atoms with Crippen LogP contribution in [0.5, 0.6) is 0 Å². The quantitative estimate of drug-likeness (QED) is 0.567. The van der Waals surface area contributed by atoms with Crippen molar-refractivity contribution < 1.29 is 9.47 Å². The fourth-order valence-electron chi connectivity index (χ4n) is 1.73. The third kappa shape index (κ3) is 10.2. The van der Waals surface area contributed by atoms with Crippen molar-refractivity contribution in [3.63, 3.8) is 0 Å². The molecule has 0 radical (unpaired) electrons. The molecule has 0 aliphatic carbocycles. The summed E-state index contributed by atoms with van der Waals surface area (Å²) in [6, 6.07) is 0. The van der Waals surface area contributed by atoms with Gasteiger partial charge in [0, 0.05) is 27.4 Å². The van der Waals surface area contributed by atoms with Crippen molar-refractivity contribution in [1.29, 1.82) is 0 Å². The van der Waals surface area contributed by atoms with Crippen molar-refractivity contribution in [1.82, 2.24) is 5.32 Å². The topological polar surface area (TPSA) is 30.5 Å². The van der Waals surface area contributed by atoms with Gasteiger partial charge in [-0.1, -0.05) is 13.8 Å². The van der Waals surface area contributed by atoms with Gasteiger partial charge in [0.05, 0.1) is 6.61 Å². The lowest BCUT2D eigenvalue weighted by Gasteiger charge is -2.19. The second kappa shape index (κ2) is 10.4. The second-order valence-electron chi connectivity index (χ2n) is 4.47. The van der Waals surface area contributed by atoms with Crippen LogP contribution in [0.1, 0.15) is 26.7 Å². The van der Waals surface area contributed by atoms with Crippen molar-refractivity contribution >= 4 is 0 Å². The molecule has 0 rings (SSSR count). The summed E-state index contributed by atoms with van der Waals surface area (Å²) in [5.41, 5.74) is 0. The average Bonchev–Trinajstić information content (AvgIpc) is 2.19. The highest BCUT2D eigenvalue weighted by atomic mass is 16.5. The first-order valence-electron chi connectivity index (χ1n) is 5.89. The minimum Gasteiger partial charge on any atom is -0.385 e. The van der Waals surface area contributed by atoms with Crippen LogP contribution in [0.25, 0.3) is 0 Å². The SMILES string of the molecule is COCCNCC(CCOC)CC(C)C. The summed E-state index contributed by atoms with van der Waals surface area (Å²) in [6.07, 6.45) is 2.41. The van der Waals surface area contributed by atoms with E-state index in [0.717, 1.165) is 44.6 Å². The summed E-state index contributed by atoms with van der Waals surface area (Å²) in [6.45, 7) is 8.22. The molecule has 3 heteroatoms. The van der Waals surface area contributed by atoms with Crippen LogP contribution in [0.2, 0.25) is 0 Å². The Balaban J connectivity index is 3.59. The summed E-state index contributed by atoms with van der Waals surface area (Å²) >= 11 is 0. The zero-order valence-corrected chi connectivity index (χ0v) is 10.7. The zero-order chi connectivity index (χ0) is 11.5. The van der Waals surface area contributed by atoms with E-state index >= 15 is 0 Å². The zero-order valence-electron chi connectivity index (χ0n) is 10.7.